The quantitative estimate of drug-likeness (QED) is 0.792. The molecular formula is C13H15NO3S3. The fourth-order valence-electron chi connectivity index (χ4n) is 2.64. The first-order valence-corrected chi connectivity index (χ1v) is 9.54. The molecule has 108 valence electrons. The molecule has 0 N–H and O–H groups in total. The van der Waals surface area contributed by atoms with Crippen LogP contribution in [-0.2, 0) is 9.84 Å². The van der Waals surface area contributed by atoms with Crippen molar-refractivity contribution in [1.29, 1.82) is 0 Å². The molecule has 2 aliphatic rings. The summed E-state index contributed by atoms with van der Waals surface area (Å²) in [5, 5.41) is 0.0686. The van der Waals surface area contributed by atoms with Gasteiger partial charge in [0, 0.05) is 10.9 Å². The van der Waals surface area contributed by atoms with Crippen LogP contribution in [0.1, 0.15) is 6.92 Å². The number of ether oxygens (including phenoxy) is 1. The number of anilines is 1. The van der Waals surface area contributed by atoms with Crippen molar-refractivity contribution < 1.29 is 13.2 Å². The number of hydrogen-bond acceptors (Lipinski definition) is 5. The topological polar surface area (TPSA) is 46.6 Å². The number of thioether (sulfide) groups is 1. The Morgan fingerprint density at radius 2 is 2.05 bits per heavy atom. The fraction of sp³-hybridized carbons (Fsp3) is 0.462. The Morgan fingerprint density at radius 3 is 2.70 bits per heavy atom. The summed E-state index contributed by atoms with van der Waals surface area (Å²) < 4.78 is 29.7. The van der Waals surface area contributed by atoms with Gasteiger partial charge < -0.3 is 9.64 Å². The Kier molecular flexibility index (Phi) is 3.68. The predicted molar refractivity (Wildman–Crippen MR) is 86.5 cm³/mol. The van der Waals surface area contributed by atoms with Gasteiger partial charge in [-0.15, -0.1) is 0 Å². The van der Waals surface area contributed by atoms with Crippen LogP contribution in [0.25, 0.3) is 0 Å². The summed E-state index contributed by atoms with van der Waals surface area (Å²) in [6, 6.07) is 7.62. The lowest BCUT2D eigenvalue weighted by atomic mass is 10.2. The SMILES string of the molecule is CCOc1ccc(N2C(=S)S[C@@H]3CS(=O)(=O)C[C@H]32)cc1. The lowest BCUT2D eigenvalue weighted by molar-refractivity contribution is 0.340. The highest BCUT2D eigenvalue weighted by Gasteiger charge is 2.48. The average molecular weight is 329 g/mol. The van der Waals surface area contributed by atoms with Crippen molar-refractivity contribution in [2.75, 3.05) is 23.0 Å². The molecule has 2 atom stereocenters. The summed E-state index contributed by atoms with van der Waals surface area (Å²) in [6.07, 6.45) is 0. The molecule has 0 spiro atoms. The third-order valence-corrected chi connectivity index (χ3v) is 7.07. The van der Waals surface area contributed by atoms with E-state index in [0.717, 1.165) is 15.8 Å². The molecule has 4 nitrogen and oxygen atoms in total. The summed E-state index contributed by atoms with van der Waals surface area (Å²) >= 11 is 6.90. The number of sulfone groups is 1. The third kappa shape index (κ3) is 2.54. The van der Waals surface area contributed by atoms with Crippen molar-refractivity contribution in [3.63, 3.8) is 0 Å². The molecule has 0 aromatic heterocycles. The zero-order valence-electron chi connectivity index (χ0n) is 11.0. The molecule has 0 unspecified atom stereocenters. The lowest BCUT2D eigenvalue weighted by Gasteiger charge is -2.24. The van der Waals surface area contributed by atoms with Gasteiger partial charge in [-0.1, -0.05) is 24.0 Å². The van der Waals surface area contributed by atoms with Crippen molar-refractivity contribution in [1.82, 2.24) is 0 Å². The Labute approximate surface area is 128 Å². The maximum atomic E-state index is 11.8. The maximum Gasteiger partial charge on any atom is 0.153 e. The normalized spacial score (nSPS) is 27.6. The summed E-state index contributed by atoms with van der Waals surface area (Å²) in [5.41, 5.74) is 0.940. The summed E-state index contributed by atoms with van der Waals surface area (Å²) in [4.78, 5) is 1.98. The maximum absolute atomic E-state index is 11.8. The van der Waals surface area contributed by atoms with E-state index in [1.807, 2.05) is 36.1 Å². The van der Waals surface area contributed by atoms with Gasteiger partial charge in [-0.2, -0.15) is 0 Å². The van der Waals surface area contributed by atoms with Crippen LogP contribution in [0.15, 0.2) is 24.3 Å². The Bertz CT molecular complexity index is 627. The third-order valence-electron chi connectivity index (χ3n) is 3.48. The minimum absolute atomic E-state index is 0.0320. The first kappa shape index (κ1) is 14.2. The molecule has 1 aromatic rings. The molecule has 2 fully saturated rings. The second-order valence-electron chi connectivity index (χ2n) is 4.86. The molecule has 2 aliphatic heterocycles. The highest BCUT2D eigenvalue weighted by molar-refractivity contribution is 8.24. The van der Waals surface area contributed by atoms with Gasteiger partial charge in [-0.05, 0) is 31.2 Å². The average Bonchev–Trinajstić information content (AvgIpc) is 2.81. The van der Waals surface area contributed by atoms with Crippen molar-refractivity contribution in [2.45, 2.75) is 18.2 Å². The number of benzene rings is 1. The molecule has 0 amide bonds. The number of hydrogen-bond donors (Lipinski definition) is 0. The van der Waals surface area contributed by atoms with Crippen LogP contribution in [-0.4, -0.2) is 42.1 Å². The van der Waals surface area contributed by atoms with E-state index in [2.05, 4.69) is 0 Å². The highest BCUT2D eigenvalue weighted by atomic mass is 32.2. The van der Waals surface area contributed by atoms with Crippen molar-refractivity contribution in [3.05, 3.63) is 24.3 Å². The van der Waals surface area contributed by atoms with E-state index >= 15 is 0 Å². The second-order valence-corrected chi connectivity index (χ2v) is 8.89. The Hall–Kier alpha value is -0.790. The van der Waals surface area contributed by atoms with Crippen LogP contribution >= 0.6 is 24.0 Å². The van der Waals surface area contributed by atoms with Crippen molar-refractivity contribution in [3.8, 4) is 5.75 Å². The number of fused-ring (bicyclic) bond motifs is 1. The van der Waals surface area contributed by atoms with Gasteiger partial charge in [-0.3, -0.25) is 0 Å². The van der Waals surface area contributed by atoms with E-state index in [1.54, 1.807) is 0 Å². The molecule has 1 aromatic carbocycles. The first-order chi connectivity index (χ1) is 9.50. The Morgan fingerprint density at radius 1 is 1.35 bits per heavy atom. The van der Waals surface area contributed by atoms with Gasteiger partial charge in [0.05, 0.1) is 24.2 Å². The first-order valence-electron chi connectivity index (χ1n) is 6.43. The van der Waals surface area contributed by atoms with Crippen LogP contribution in [0.4, 0.5) is 5.69 Å². The van der Waals surface area contributed by atoms with Crippen molar-refractivity contribution >= 4 is 43.8 Å². The number of thiocarbonyl (C=S) groups is 1. The van der Waals surface area contributed by atoms with Gasteiger partial charge in [0.25, 0.3) is 0 Å². The van der Waals surface area contributed by atoms with Crippen LogP contribution < -0.4 is 9.64 Å². The van der Waals surface area contributed by atoms with E-state index in [-0.39, 0.29) is 22.8 Å². The minimum atomic E-state index is -2.93. The van der Waals surface area contributed by atoms with Crippen LogP contribution in [0.5, 0.6) is 5.75 Å². The van der Waals surface area contributed by atoms with Crippen LogP contribution in [0.3, 0.4) is 0 Å². The van der Waals surface area contributed by atoms with E-state index in [0.29, 0.717) is 6.61 Å². The number of nitrogens with zero attached hydrogens (tertiary/aromatic N) is 1. The summed E-state index contributed by atoms with van der Waals surface area (Å²) in [5.74, 6) is 1.23. The fourth-order valence-corrected chi connectivity index (χ4v) is 7.01. The molecule has 0 saturated carbocycles. The molecule has 0 bridgehead atoms. The van der Waals surface area contributed by atoms with E-state index < -0.39 is 9.84 Å². The zero-order valence-corrected chi connectivity index (χ0v) is 13.4. The van der Waals surface area contributed by atoms with Crippen LogP contribution in [0.2, 0.25) is 0 Å². The standard InChI is InChI=1S/C13H15NO3S3/c1-2-17-10-5-3-9(4-6-10)14-11-7-20(15,16)8-12(11)19-13(14)18/h3-6,11-12H,2,7-8H2,1H3/t11-,12-/m1/s1. The predicted octanol–water partition coefficient (Wildman–Crippen LogP) is 2.09. The highest BCUT2D eigenvalue weighted by Crippen LogP contribution is 2.41. The minimum Gasteiger partial charge on any atom is -0.494 e. The van der Waals surface area contributed by atoms with Gasteiger partial charge in [0.2, 0.25) is 0 Å². The Balaban J connectivity index is 1.87. The van der Waals surface area contributed by atoms with Crippen molar-refractivity contribution in [2.24, 2.45) is 0 Å². The number of rotatable bonds is 3. The van der Waals surface area contributed by atoms with Gasteiger partial charge in [0.1, 0.15) is 10.1 Å². The molecule has 7 heteroatoms. The summed E-state index contributed by atoms with van der Waals surface area (Å²) in [6.45, 7) is 2.56. The van der Waals surface area contributed by atoms with Crippen LogP contribution in [0, 0.1) is 0 Å². The molecule has 20 heavy (non-hydrogen) atoms. The van der Waals surface area contributed by atoms with E-state index in [4.69, 9.17) is 17.0 Å². The molecule has 2 heterocycles. The largest absolute Gasteiger partial charge is 0.494 e. The molecule has 0 radical (unpaired) electrons. The van der Waals surface area contributed by atoms with E-state index in [9.17, 15) is 8.42 Å². The molecular weight excluding hydrogens is 314 g/mol. The molecule has 2 saturated heterocycles. The molecule has 0 aliphatic carbocycles. The summed E-state index contributed by atoms with van der Waals surface area (Å²) in [7, 11) is -2.93. The lowest BCUT2D eigenvalue weighted by Crippen LogP contribution is -2.36. The van der Waals surface area contributed by atoms with Gasteiger partial charge in [0.15, 0.2) is 9.84 Å². The molecule has 3 rings (SSSR count). The smallest absolute Gasteiger partial charge is 0.153 e. The monoisotopic (exact) mass is 329 g/mol. The second kappa shape index (κ2) is 5.20. The van der Waals surface area contributed by atoms with E-state index in [1.165, 1.54) is 11.8 Å². The zero-order chi connectivity index (χ0) is 14.3. The van der Waals surface area contributed by atoms with Gasteiger partial charge in [-0.25, -0.2) is 8.42 Å². The van der Waals surface area contributed by atoms with Gasteiger partial charge >= 0.3 is 0 Å².